The topological polar surface area (TPSA) is 52.9 Å². The van der Waals surface area contributed by atoms with Crippen molar-refractivity contribution in [3.8, 4) is 0 Å². The number of nitrogens with zero attached hydrogens (tertiary/aromatic N) is 2. The highest BCUT2D eigenvalue weighted by atomic mass is 35.5. The van der Waals surface area contributed by atoms with Gasteiger partial charge in [0.1, 0.15) is 5.71 Å². The van der Waals surface area contributed by atoms with Gasteiger partial charge < -0.3 is 5.11 Å². The van der Waals surface area contributed by atoms with E-state index in [1.807, 2.05) is 18.2 Å². The molecule has 4 nitrogen and oxygen atoms in total. The predicted octanol–water partition coefficient (Wildman–Crippen LogP) is 4.27. The molecular formula is C19H16ClF3N2O2. The van der Waals surface area contributed by atoms with Crippen LogP contribution in [0.3, 0.4) is 0 Å². The van der Waals surface area contributed by atoms with Crippen molar-refractivity contribution < 1.29 is 23.1 Å². The largest absolute Gasteiger partial charge is 0.431 e. The zero-order valence-corrected chi connectivity index (χ0v) is 14.8. The molecule has 0 radical (unpaired) electrons. The van der Waals surface area contributed by atoms with E-state index in [9.17, 15) is 23.1 Å². The molecule has 0 bridgehead atoms. The van der Waals surface area contributed by atoms with Crippen molar-refractivity contribution in [2.45, 2.75) is 31.2 Å². The highest BCUT2D eigenvalue weighted by Gasteiger charge is 2.52. The minimum atomic E-state index is -4.74. The molecule has 0 saturated carbocycles. The molecule has 8 heteroatoms. The SMILES string of the molecule is O=C(CCc1ccccc1)N1N=C(C(F)(F)F)C[C@@]1(O)c1ccc(Cl)cc1. The van der Waals surface area contributed by atoms with E-state index in [4.69, 9.17) is 11.6 Å². The zero-order valence-electron chi connectivity index (χ0n) is 14.1. The van der Waals surface area contributed by atoms with Gasteiger partial charge in [0.15, 0.2) is 5.72 Å². The van der Waals surface area contributed by atoms with Gasteiger partial charge >= 0.3 is 6.18 Å². The minimum Gasteiger partial charge on any atom is -0.365 e. The third-order valence-corrected chi connectivity index (χ3v) is 4.58. The first-order valence-corrected chi connectivity index (χ1v) is 8.58. The second-order valence-corrected chi connectivity index (χ2v) is 6.67. The van der Waals surface area contributed by atoms with Crippen molar-refractivity contribution in [2.24, 2.45) is 5.10 Å². The van der Waals surface area contributed by atoms with E-state index in [0.29, 0.717) is 16.5 Å². The molecule has 27 heavy (non-hydrogen) atoms. The molecule has 1 atom stereocenters. The maximum Gasteiger partial charge on any atom is 0.431 e. The Balaban J connectivity index is 1.88. The second-order valence-electron chi connectivity index (χ2n) is 6.24. The van der Waals surface area contributed by atoms with E-state index in [-0.39, 0.29) is 12.0 Å². The second kappa shape index (κ2) is 7.32. The Morgan fingerprint density at radius 3 is 2.37 bits per heavy atom. The number of rotatable bonds is 4. The van der Waals surface area contributed by atoms with Crippen LogP contribution in [-0.2, 0) is 16.9 Å². The van der Waals surface area contributed by atoms with Gasteiger partial charge in [-0.3, -0.25) is 4.79 Å². The predicted molar refractivity (Wildman–Crippen MR) is 95.1 cm³/mol. The first kappa shape index (κ1) is 19.4. The molecule has 1 amide bonds. The Hall–Kier alpha value is -2.38. The van der Waals surface area contributed by atoms with Crippen molar-refractivity contribution in [1.29, 1.82) is 0 Å². The van der Waals surface area contributed by atoms with E-state index in [1.54, 1.807) is 12.1 Å². The quantitative estimate of drug-likeness (QED) is 0.839. The van der Waals surface area contributed by atoms with Gasteiger partial charge in [0, 0.05) is 17.0 Å². The summed E-state index contributed by atoms with van der Waals surface area (Å²) in [6.45, 7) is 0. The lowest BCUT2D eigenvalue weighted by Gasteiger charge is -2.31. The molecule has 0 spiro atoms. The number of hydrogen-bond acceptors (Lipinski definition) is 3. The fourth-order valence-corrected chi connectivity index (χ4v) is 3.04. The monoisotopic (exact) mass is 396 g/mol. The van der Waals surface area contributed by atoms with Crippen LogP contribution in [0.2, 0.25) is 5.02 Å². The number of hydrazone groups is 1. The van der Waals surface area contributed by atoms with Crippen LogP contribution in [0.15, 0.2) is 59.7 Å². The summed E-state index contributed by atoms with van der Waals surface area (Å²) in [6.07, 6.45) is -5.34. The van der Waals surface area contributed by atoms with Crippen molar-refractivity contribution in [1.82, 2.24) is 5.01 Å². The van der Waals surface area contributed by atoms with E-state index < -0.39 is 29.9 Å². The fraction of sp³-hybridized carbons (Fsp3) is 0.263. The summed E-state index contributed by atoms with van der Waals surface area (Å²) in [6, 6.07) is 14.7. The fourth-order valence-electron chi connectivity index (χ4n) is 2.91. The van der Waals surface area contributed by atoms with Crippen LogP contribution in [0.4, 0.5) is 13.2 Å². The summed E-state index contributed by atoms with van der Waals surface area (Å²) in [5, 5.41) is 15.3. The van der Waals surface area contributed by atoms with Crippen LogP contribution in [0.1, 0.15) is 24.0 Å². The molecule has 0 saturated heterocycles. The van der Waals surface area contributed by atoms with E-state index in [1.165, 1.54) is 24.3 Å². The van der Waals surface area contributed by atoms with Gasteiger partial charge in [0.25, 0.3) is 0 Å². The van der Waals surface area contributed by atoms with Gasteiger partial charge in [0.2, 0.25) is 5.91 Å². The summed E-state index contributed by atoms with van der Waals surface area (Å²) in [5.41, 5.74) is -2.43. The molecule has 0 aliphatic carbocycles. The van der Waals surface area contributed by atoms with Crippen LogP contribution in [-0.4, -0.2) is 27.9 Å². The van der Waals surface area contributed by atoms with Gasteiger partial charge in [-0.2, -0.15) is 23.3 Å². The average Bonchev–Trinajstić information content (AvgIpc) is 3.00. The van der Waals surface area contributed by atoms with Gasteiger partial charge in [-0.1, -0.05) is 54.1 Å². The lowest BCUT2D eigenvalue weighted by molar-refractivity contribution is -0.157. The number of aryl methyl sites for hydroxylation is 1. The van der Waals surface area contributed by atoms with Crippen molar-refractivity contribution >= 4 is 23.2 Å². The Bertz CT molecular complexity index is 854. The molecule has 0 fully saturated rings. The Morgan fingerprint density at radius 2 is 1.78 bits per heavy atom. The Morgan fingerprint density at radius 1 is 1.15 bits per heavy atom. The highest BCUT2D eigenvalue weighted by molar-refractivity contribution is 6.30. The van der Waals surface area contributed by atoms with Crippen molar-refractivity contribution in [2.75, 3.05) is 0 Å². The van der Waals surface area contributed by atoms with Gasteiger partial charge in [0.05, 0.1) is 6.42 Å². The number of aliphatic hydroxyl groups is 1. The third kappa shape index (κ3) is 4.14. The summed E-state index contributed by atoms with van der Waals surface area (Å²) >= 11 is 5.81. The van der Waals surface area contributed by atoms with E-state index in [0.717, 1.165) is 5.56 Å². The lowest BCUT2D eigenvalue weighted by atomic mass is 9.96. The normalized spacial score (nSPS) is 19.9. The van der Waals surface area contributed by atoms with Crippen LogP contribution in [0.5, 0.6) is 0 Å². The zero-order chi connectivity index (χ0) is 19.7. The maximum absolute atomic E-state index is 13.2. The van der Waals surface area contributed by atoms with E-state index in [2.05, 4.69) is 5.10 Å². The molecule has 3 rings (SSSR count). The van der Waals surface area contributed by atoms with Gasteiger partial charge in [-0.05, 0) is 24.1 Å². The Kier molecular flexibility index (Phi) is 5.26. The van der Waals surface area contributed by atoms with Gasteiger partial charge in [-0.25, -0.2) is 0 Å². The van der Waals surface area contributed by atoms with Crippen LogP contribution < -0.4 is 0 Å². The van der Waals surface area contributed by atoms with E-state index >= 15 is 0 Å². The first-order valence-electron chi connectivity index (χ1n) is 8.20. The Labute approximate surface area is 158 Å². The third-order valence-electron chi connectivity index (χ3n) is 4.33. The molecule has 2 aromatic rings. The molecule has 1 heterocycles. The van der Waals surface area contributed by atoms with Crippen molar-refractivity contribution in [3.05, 3.63) is 70.7 Å². The summed E-state index contributed by atoms with van der Waals surface area (Å²) in [5.74, 6) is -0.699. The number of alkyl halides is 3. The van der Waals surface area contributed by atoms with Crippen LogP contribution >= 0.6 is 11.6 Å². The molecule has 1 aliphatic rings. The molecule has 2 aromatic carbocycles. The molecule has 142 valence electrons. The summed E-state index contributed by atoms with van der Waals surface area (Å²) in [7, 11) is 0. The maximum atomic E-state index is 13.2. The number of benzene rings is 2. The highest BCUT2D eigenvalue weighted by Crippen LogP contribution is 2.40. The molecule has 1 aliphatic heterocycles. The van der Waals surface area contributed by atoms with Crippen LogP contribution in [0, 0.1) is 0 Å². The van der Waals surface area contributed by atoms with Crippen LogP contribution in [0.25, 0.3) is 0 Å². The standard InChI is InChI=1S/C19H16ClF3N2O2/c20-15-9-7-14(8-10-15)18(27)12-16(19(21,22)23)24-25(18)17(26)11-6-13-4-2-1-3-5-13/h1-5,7-10,27H,6,11-12H2/t18-/m1/s1. The summed E-state index contributed by atoms with van der Waals surface area (Å²) < 4.78 is 39.5. The number of halogens is 4. The summed E-state index contributed by atoms with van der Waals surface area (Å²) in [4.78, 5) is 12.6. The molecular weight excluding hydrogens is 381 g/mol. The molecule has 0 aromatic heterocycles. The first-order chi connectivity index (χ1) is 12.7. The minimum absolute atomic E-state index is 0.0887. The number of amides is 1. The number of carbonyl (C=O) groups is 1. The lowest BCUT2D eigenvalue weighted by Crippen LogP contribution is -2.43. The average molecular weight is 397 g/mol. The number of hydrogen-bond donors (Lipinski definition) is 1. The molecule has 0 unspecified atom stereocenters. The smallest absolute Gasteiger partial charge is 0.365 e. The van der Waals surface area contributed by atoms with Crippen molar-refractivity contribution in [3.63, 3.8) is 0 Å². The molecule has 1 N–H and O–H groups in total. The number of carbonyl (C=O) groups excluding carboxylic acids is 1. The van der Waals surface area contributed by atoms with Gasteiger partial charge in [-0.15, -0.1) is 0 Å².